The fraction of sp³-hybridized carbons (Fsp3) is 0.421. The molecular weight excluding hydrogens is 353 g/mol. The summed E-state index contributed by atoms with van der Waals surface area (Å²) in [5.74, 6) is 0.961. The molecule has 142 valence electrons. The Morgan fingerprint density at radius 3 is 2.77 bits per heavy atom. The topological polar surface area (TPSA) is 57.1 Å². The van der Waals surface area contributed by atoms with E-state index < -0.39 is 6.10 Å². The Hall–Kier alpha value is -2.12. The van der Waals surface area contributed by atoms with Crippen molar-refractivity contribution in [1.82, 2.24) is 10.2 Å². The molecule has 26 heavy (non-hydrogen) atoms. The molecule has 7 heteroatoms. The van der Waals surface area contributed by atoms with Crippen molar-refractivity contribution in [3.05, 3.63) is 52.5 Å². The maximum Gasteiger partial charge on any atom is 0.193 e. The second kappa shape index (κ2) is 10.8. The van der Waals surface area contributed by atoms with Gasteiger partial charge in [-0.2, -0.15) is 0 Å². The van der Waals surface area contributed by atoms with Crippen LogP contribution < -0.4 is 10.1 Å². The van der Waals surface area contributed by atoms with Crippen LogP contribution in [-0.4, -0.2) is 55.4 Å². The Bertz CT molecular complexity index is 662. The van der Waals surface area contributed by atoms with Gasteiger partial charge in [0.05, 0.1) is 6.54 Å². The first kappa shape index (κ1) is 20.2. The van der Waals surface area contributed by atoms with E-state index in [0.29, 0.717) is 5.75 Å². The summed E-state index contributed by atoms with van der Waals surface area (Å²) in [5.41, 5.74) is 0. The fourth-order valence-corrected chi connectivity index (χ4v) is 2.97. The standard InChI is InChI=1S/C19H26FN3O2S/c1-3-21-19(23(2)11-10-18-5-4-12-26-18)22-13-16(24)14-25-17-8-6-15(20)7-9-17/h4-9,12,16,24H,3,10-11,13-14H2,1-2H3,(H,21,22). The van der Waals surface area contributed by atoms with E-state index in [1.807, 2.05) is 14.0 Å². The molecule has 2 N–H and O–H groups in total. The van der Waals surface area contributed by atoms with Crippen molar-refractivity contribution in [3.63, 3.8) is 0 Å². The Kier molecular flexibility index (Phi) is 8.37. The molecule has 1 atom stereocenters. The zero-order chi connectivity index (χ0) is 18.8. The maximum atomic E-state index is 12.9. The lowest BCUT2D eigenvalue weighted by Gasteiger charge is -2.22. The van der Waals surface area contributed by atoms with Gasteiger partial charge in [0.15, 0.2) is 5.96 Å². The number of guanidine groups is 1. The summed E-state index contributed by atoms with van der Waals surface area (Å²) in [4.78, 5) is 7.87. The highest BCUT2D eigenvalue weighted by molar-refractivity contribution is 7.09. The molecular formula is C19H26FN3O2S. The van der Waals surface area contributed by atoms with Crippen LogP contribution in [0.5, 0.6) is 5.75 Å². The molecule has 0 saturated heterocycles. The van der Waals surface area contributed by atoms with Gasteiger partial charge in [-0.3, -0.25) is 4.99 Å². The van der Waals surface area contributed by atoms with Gasteiger partial charge in [-0.05, 0) is 49.1 Å². The van der Waals surface area contributed by atoms with E-state index >= 15 is 0 Å². The average molecular weight is 380 g/mol. The molecule has 1 heterocycles. The molecule has 0 fully saturated rings. The van der Waals surface area contributed by atoms with Crippen LogP contribution in [0.3, 0.4) is 0 Å². The van der Waals surface area contributed by atoms with Crippen molar-refractivity contribution in [2.45, 2.75) is 19.4 Å². The van der Waals surface area contributed by atoms with Crippen molar-refractivity contribution in [3.8, 4) is 5.75 Å². The van der Waals surface area contributed by atoms with Gasteiger partial charge in [0.1, 0.15) is 24.3 Å². The molecule has 5 nitrogen and oxygen atoms in total. The lowest BCUT2D eigenvalue weighted by atomic mass is 10.3. The van der Waals surface area contributed by atoms with Gasteiger partial charge in [0.25, 0.3) is 0 Å². The van der Waals surface area contributed by atoms with Crippen molar-refractivity contribution in [1.29, 1.82) is 0 Å². The number of aliphatic imine (C=N–C) groups is 1. The highest BCUT2D eigenvalue weighted by atomic mass is 32.1. The number of aliphatic hydroxyl groups excluding tert-OH is 1. The summed E-state index contributed by atoms with van der Waals surface area (Å²) in [6, 6.07) is 9.90. The predicted octanol–water partition coefficient (Wildman–Crippen LogP) is 2.77. The van der Waals surface area contributed by atoms with Gasteiger partial charge < -0.3 is 20.1 Å². The lowest BCUT2D eigenvalue weighted by Crippen LogP contribution is -2.40. The number of nitrogens with zero attached hydrogens (tertiary/aromatic N) is 2. The van der Waals surface area contributed by atoms with E-state index in [2.05, 4.69) is 32.7 Å². The van der Waals surface area contributed by atoms with Crippen LogP contribution >= 0.6 is 11.3 Å². The minimum Gasteiger partial charge on any atom is -0.491 e. The highest BCUT2D eigenvalue weighted by Crippen LogP contribution is 2.11. The normalized spacial score (nSPS) is 12.7. The molecule has 0 saturated carbocycles. The van der Waals surface area contributed by atoms with Crippen LogP contribution in [0.4, 0.5) is 4.39 Å². The fourth-order valence-electron chi connectivity index (χ4n) is 2.28. The third-order valence-corrected chi connectivity index (χ3v) is 4.61. The monoisotopic (exact) mass is 379 g/mol. The summed E-state index contributed by atoms with van der Waals surface area (Å²) < 4.78 is 18.3. The number of hydrogen-bond acceptors (Lipinski definition) is 4. The van der Waals surface area contributed by atoms with E-state index in [-0.39, 0.29) is 19.0 Å². The first-order valence-corrected chi connectivity index (χ1v) is 9.54. The van der Waals surface area contributed by atoms with Crippen LogP contribution in [0.15, 0.2) is 46.8 Å². The third kappa shape index (κ3) is 7.01. The van der Waals surface area contributed by atoms with Gasteiger partial charge in [-0.25, -0.2) is 4.39 Å². The number of likely N-dealkylation sites (N-methyl/N-ethyl adjacent to an activating group) is 1. The number of thiophene rings is 1. The smallest absolute Gasteiger partial charge is 0.193 e. The molecule has 1 aromatic heterocycles. The van der Waals surface area contributed by atoms with Crippen LogP contribution in [0.1, 0.15) is 11.8 Å². The van der Waals surface area contributed by atoms with Crippen molar-refractivity contribution >= 4 is 17.3 Å². The first-order chi connectivity index (χ1) is 12.6. The molecule has 2 aromatic rings. The Labute approximate surface area is 158 Å². The van der Waals surface area contributed by atoms with Crippen molar-refractivity contribution < 1.29 is 14.2 Å². The zero-order valence-corrected chi connectivity index (χ0v) is 16.0. The summed E-state index contributed by atoms with van der Waals surface area (Å²) in [7, 11) is 1.98. The average Bonchev–Trinajstić information content (AvgIpc) is 3.16. The molecule has 0 radical (unpaired) electrons. The molecule has 1 aromatic carbocycles. The largest absolute Gasteiger partial charge is 0.491 e. The summed E-state index contributed by atoms with van der Waals surface area (Å²) in [6.07, 6.45) is 0.217. The minimum absolute atomic E-state index is 0.105. The summed E-state index contributed by atoms with van der Waals surface area (Å²) in [5, 5.41) is 15.4. The minimum atomic E-state index is -0.737. The maximum absolute atomic E-state index is 12.9. The van der Waals surface area contributed by atoms with Gasteiger partial charge in [0, 0.05) is 25.0 Å². The van der Waals surface area contributed by atoms with E-state index in [0.717, 1.165) is 25.5 Å². The van der Waals surface area contributed by atoms with E-state index in [4.69, 9.17) is 4.74 Å². The lowest BCUT2D eigenvalue weighted by molar-refractivity contribution is 0.114. The van der Waals surface area contributed by atoms with E-state index in [9.17, 15) is 9.50 Å². The Morgan fingerprint density at radius 2 is 2.12 bits per heavy atom. The summed E-state index contributed by atoms with van der Waals surface area (Å²) in [6.45, 7) is 3.94. The molecule has 0 aliphatic carbocycles. The SMILES string of the molecule is CCNC(=NCC(O)COc1ccc(F)cc1)N(C)CCc1cccs1. The molecule has 2 rings (SSSR count). The number of ether oxygens (including phenoxy) is 1. The quantitative estimate of drug-likeness (QED) is 0.520. The van der Waals surface area contributed by atoms with E-state index in [1.165, 1.54) is 29.1 Å². The van der Waals surface area contributed by atoms with E-state index in [1.54, 1.807) is 11.3 Å². The van der Waals surface area contributed by atoms with Crippen LogP contribution in [0, 0.1) is 5.82 Å². The zero-order valence-electron chi connectivity index (χ0n) is 15.2. The van der Waals surface area contributed by atoms with Crippen LogP contribution in [0.2, 0.25) is 0 Å². The Balaban J connectivity index is 1.81. The molecule has 0 aliphatic rings. The molecule has 0 bridgehead atoms. The molecule has 0 amide bonds. The molecule has 1 unspecified atom stereocenters. The summed E-state index contributed by atoms with van der Waals surface area (Å²) >= 11 is 1.75. The first-order valence-electron chi connectivity index (χ1n) is 8.66. The van der Waals surface area contributed by atoms with Gasteiger partial charge in [-0.1, -0.05) is 6.07 Å². The van der Waals surface area contributed by atoms with Crippen LogP contribution in [-0.2, 0) is 6.42 Å². The highest BCUT2D eigenvalue weighted by Gasteiger charge is 2.09. The predicted molar refractivity (Wildman–Crippen MR) is 105 cm³/mol. The number of benzene rings is 1. The van der Waals surface area contributed by atoms with Gasteiger partial charge in [0.2, 0.25) is 0 Å². The van der Waals surface area contributed by atoms with Crippen LogP contribution in [0.25, 0.3) is 0 Å². The van der Waals surface area contributed by atoms with Crippen molar-refractivity contribution in [2.24, 2.45) is 4.99 Å². The third-order valence-electron chi connectivity index (χ3n) is 3.68. The number of aliphatic hydroxyl groups is 1. The van der Waals surface area contributed by atoms with Gasteiger partial charge in [-0.15, -0.1) is 11.3 Å². The Morgan fingerprint density at radius 1 is 1.35 bits per heavy atom. The van der Waals surface area contributed by atoms with Crippen molar-refractivity contribution in [2.75, 3.05) is 33.3 Å². The number of nitrogens with one attached hydrogen (secondary N) is 1. The molecule has 0 aliphatic heterocycles. The number of halogens is 1. The number of rotatable bonds is 9. The van der Waals surface area contributed by atoms with Gasteiger partial charge >= 0.3 is 0 Å². The number of hydrogen-bond donors (Lipinski definition) is 2. The second-order valence-corrected chi connectivity index (χ2v) is 6.90. The molecule has 0 spiro atoms. The second-order valence-electron chi connectivity index (χ2n) is 5.86.